The smallest absolute Gasteiger partial charge is 0.255 e. The number of halogens is 3. The van der Waals surface area contributed by atoms with Gasteiger partial charge in [0.15, 0.2) is 0 Å². The molecule has 0 bridgehead atoms. The summed E-state index contributed by atoms with van der Waals surface area (Å²) in [4.78, 5) is 7.45. The van der Waals surface area contributed by atoms with Gasteiger partial charge in [-0.05, 0) is 18.5 Å². The normalized spacial score (nSPS) is 10.5. The van der Waals surface area contributed by atoms with Crippen molar-refractivity contribution in [3.8, 4) is 0 Å². The highest BCUT2D eigenvalue weighted by atomic mass is 35.5. The van der Waals surface area contributed by atoms with Crippen LogP contribution >= 0.6 is 11.6 Å². The van der Waals surface area contributed by atoms with E-state index >= 15 is 0 Å². The number of nitrogens with one attached hydrogen (secondary N) is 1. The molecule has 0 saturated carbocycles. The molecule has 0 aromatic carbocycles. The summed E-state index contributed by atoms with van der Waals surface area (Å²) >= 11 is 5.48. The van der Waals surface area contributed by atoms with Gasteiger partial charge in [-0.15, -0.1) is 0 Å². The predicted molar refractivity (Wildman–Crippen MR) is 46.3 cm³/mol. The molecule has 3 nitrogen and oxygen atoms in total. The van der Waals surface area contributed by atoms with Gasteiger partial charge in [0.1, 0.15) is 5.82 Å². The molecular formula is C7H8ClF2N3. The lowest BCUT2D eigenvalue weighted by Crippen LogP contribution is -2.12. The number of hydrogen-bond donors (Lipinski definition) is 1. The fraction of sp³-hybridized carbons (Fsp3) is 0.429. The Morgan fingerprint density at radius 3 is 2.92 bits per heavy atom. The van der Waals surface area contributed by atoms with Crippen molar-refractivity contribution in [2.24, 2.45) is 0 Å². The number of nitrogens with zero attached hydrogens (tertiary/aromatic N) is 2. The van der Waals surface area contributed by atoms with E-state index in [2.05, 4.69) is 15.3 Å². The number of alkyl halides is 2. The molecule has 1 rings (SSSR count). The topological polar surface area (TPSA) is 37.8 Å². The van der Waals surface area contributed by atoms with Crippen LogP contribution in [-0.4, -0.2) is 22.9 Å². The van der Waals surface area contributed by atoms with Crippen molar-refractivity contribution in [1.82, 2.24) is 9.97 Å². The molecule has 0 spiro atoms. The Balaban J connectivity index is 2.70. The van der Waals surface area contributed by atoms with Crippen molar-refractivity contribution in [1.29, 1.82) is 0 Å². The number of aryl methyl sites for hydroxylation is 1. The van der Waals surface area contributed by atoms with Crippen LogP contribution in [0.15, 0.2) is 6.20 Å². The Morgan fingerprint density at radius 1 is 1.62 bits per heavy atom. The van der Waals surface area contributed by atoms with Gasteiger partial charge in [0.25, 0.3) is 6.43 Å². The highest BCUT2D eigenvalue weighted by Gasteiger charge is 2.05. The molecular weight excluding hydrogens is 200 g/mol. The number of rotatable bonds is 3. The van der Waals surface area contributed by atoms with Gasteiger partial charge in [0.2, 0.25) is 5.28 Å². The molecule has 0 radical (unpaired) electrons. The summed E-state index contributed by atoms with van der Waals surface area (Å²) in [6.45, 7) is 1.28. The van der Waals surface area contributed by atoms with Gasteiger partial charge in [-0.25, -0.2) is 18.7 Å². The lowest BCUT2D eigenvalue weighted by atomic mass is 10.3. The summed E-state index contributed by atoms with van der Waals surface area (Å²) in [5.41, 5.74) is 0.685. The first-order valence-electron chi connectivity index (χ1n) is 3.60. The van der Waals surface area contributed by atoms with E-state index in [0.717, 1.165) is 0 Å². The van der Waals surface area contributed by atoms with E-state index < -0.39 is 13.0 Å². The molecule has 1 aromatic rings. The van der Waals surface area contributed by atoms with Crippen LogP contribution in [0.5, 0.6) is 0 Å². The van der Waals surface area contributed by atoms with Gasteiger partial charge in [0, 0.05) is 11.8 Å². The van der Waals surface area contributed by atoms with Crippen molar-refractivity contribution in [3.63, 3.8) is 0 Å². The second-order valence-corrected chi connectivity index (χ2v) is 2.78. The summed E-state index contributed by atoms with van der Waals surface area (Å²) in [6, 6.07) is 0. The van der Waals surface area contributed by atoms with Gasteiger partial charge in [-0.1, -0.05) is 0 Å². The molecule has 0 unspecified atom stereocenters. The third-order valence-corrected chi connectivity index (χ3v) is 1.55. The van der Waals surface area contributed by atoms with Crippen molar-refractivity contribution >= 4 is 17.4 Å². The fourth-order valence-corrected chi connectivity index (χ4v) is 0.907. The minimum absolute atomic E-state index is 0.0439. The summed E-state index contributed by atoms with van der Waals surface area (Å²) in [5, 5.41) is 2.51. The van der Waals surface area contributed by atoms with Gasteiger partial charge < -0.3 is 5.32 Å². The van der Waals surface area contributed by atoms with Gasteiger partial charge in [0.05, 0.1) is 6.54 Å². The largest absolute Gasteiger partial charge is 0.364 e. The van der Waals surface area contributed by atoms with Crippen LogP contribution < -0.4 is 5.32 Å². The maximum absolute atomic E-state index is 11.8. The highest BCUT2D eigenvalue weighted by molar-refractivity contribution is 6.28. The quantitative estimate of drug-likeness (QED) is 0.772. The molecule has 13 heavy (non-hydrogen) atoms. The SMILES string of the molecule is Cc1cnc(Cl)nc1NCC(F)F. The fourth-order valence-electron chi connectivity index (χ4n) is 0.773. The van der Waals surface area contributed by atoms with E-state index in [1.165, 1.54) is 6.20 Å². The molecule has 1 N–H and O–H groups in total. The Morgan fingerprint density at radius 2 is 2.31 bits per heavy atom. The summed E-state index contributed by atoms with van der Waals surface area (Å²) in [6.07, 6.45) is -0.934. The van der Waals surface area contributed by atoms with E-state index in [-0.39, 0.29) is 5.28 Å². The van der Waals surface area contributed by atoms with Crippen molar-refractivity contribution in [3.05, 3.63) is 17.0 Å². The molecule has 72 valence electrons. The molecule has 0 aliphatic carbocycles. The lowest BCUT2D eigenvalue weighted by molar-refractivity contribution is 0.163. The molecule has 0 aliphatic heterocycles. The number of hydrogen-bond acceptors (Lipinski definition) is 3. The summed E-state index contributed by atoms with van der Waals surface area (Å²) < 4.78 is 23.6. The number of aromatic nitrogens is 2. The Labute approximate surface area is 79.1 Å². The molecule has 0 aliphatic rings. The van der Waals surface area contributed by atoms with Crippen LogP contribution in [-0.2, 0) is 0 Å². The average Bonchev–Trinajstić information content (AvgIpc) is 2.06. The molecule has 6 heteroatoms. The van der Waals surface area contributed by atoms with Gasteiger partial charge >= 0.3 is 0 Å². The summed E-state index contributed by atoms with van der Waals surface area (Å²) in [5.74, 6) is 0.348. The van der Waals surface area contributed by atoms with E-state index in [1.807, 2.05) is 0 Å². The maximum Gasteiger partial charge on any atom is 0.255 e. The van der Waals surface area contributed by atoms with Crippen LogP contribution in [0.4, 0.5) is 14.6 Å². The predicted octanol–water partition coefficient (Wildman–Crippen LogP) is 2.12. The minimum atomic E-state index is -2.41. The first kappa shape index (κ1) is 10.1. The van der Waals surface area contributed by atoms with Crippen LogP contribution in [0.3, 0.4) is 0 Å². The van der Waals surface area contributed by atoms with Gasteiger partial charge in [-0.2, -0.15) is 0 Å². The first-order chi connectivity index (χ1) is 6.09. The molecule has 0 atom stereocenters. The van der Waals surface area contributed by atoms with Crippen molar-refractivity contribution in [2.75, 3.05) is 11.9 Å². The molecule has 1 aromatic heterocycles. The van der Waals surface area contributed by atoms with Crippen LogP contribution in [0.25, 0.3) is 0 Å². The Kier molecular flexibility index (Phi) is 3.36. The van der Waals surface area contributed by atoms with E-state index in [1.54, 1.807) is 6.92 Å². The maximum atomic E-state index is 11.8. The lowest BCUT2D eigenvalue weighted by Gasteiger charge is -2.06. The third-order valence-electron chi connectivity index (χ3n) is 1.37. The zero-order valence-corrected chi connectivity index (χ0v) is 7.65. The second-order valence-electron chi connectivity index (χ2n) is 2.44. The van der Waals surface area contributed by atoms with Crippen LogP contribution in [0.2, 0.25) is 5.28 Å². The molecule has 0 amide bonds. The van der Waals surface area contributed by atoms with Crippen LogP contribution in [0, 0.1) is 6.92 Å². The molecule has 0 saturated heterocycles. The van der Waals surface area contributed by atoms with Crippen molar-refractivity contribution < 1.29 is 8.78 Å². The second kappa shape index (κ2) is 4.32. The standard InChI is InChI=1S/C7H8ClF2N3/c1-4-2-12-7(8)13-6(4)11-3-5(9)10/h2,5H,3H2,1H3,(H,11,12,13). The third kappa shape index (κ3) is 3.10. The Bertz CT molecular complexity index is 293. The van der Waals surface area contributed by atoms with E-state index in [0.29, 0.717) is 11.4 Å². The van der Waals surface area contributed by atoms with Crippen molar-refractivity contribution in [2.45, 2.75) is 13.3 Å². The molecule has 1 heterocycles. The van der Waals surface area contributed by atoms with E-state index in [4.69, 9.17) is 11.6 Å². The Hall–Kier alpha value is -0.970. The highest BCUT2D eigenvalue weighted by Crippen LogP contribution is 2.12. The average molecular weight is 208 g/mol. The zero-order valence-electron chi connectivity index (χ0n) is 6.89. The molecule has 0 fully saturated rings. The zero-order chi connectivity index (χ0) is 9.84. The number of anilines is 1. The van der Waals surface area contributed by atoms with E-state index in [9.17, 15) is 8.78 Å². The minimum Gasteiger partial charge on any atom is -0.364 e. The van der Waals surface area contributed by atoms with Crippen LogP contribution in [0.1, 0.15) is 5.56 Å². The van der Waals surface area contributed by atoms with Gasteiger partial charge in [-0.3, -0.25) is 0 Å². The summed E-state index contributed by atoms with van der Waals surface area (Å²) in [7, 11) is 0. The monoisotopic (exact) mass is 207 g/mol. The first-order valence-corrected chi connectivity index (χ1v) is 3.98.